The number of hydrogen-bond donors (Lipinski definition) is 1. The first-order valence-electron chi connectivity index (χ1n) is 10.4. The highest BCUT2D eigenvalue weighted by molar-refractivity contribution is 7.20. The maximum Gasteiger partial charge on any atom is 0.262 e. The number of nitrogens with zero attached hydrogens (tertiary/aromatic N) is 2. The number of thiophene rings is 1. The van der Waals surface area contributed by atoms with Crippen molar-refractivity contribution >= 4 is 27.5 Å². The summed E-state index contributed by atoms with van der Waals surface area (Å²) in [4.78, 5) is 23.3. The number of carbonyl (C=O) groups excluding carboxylic acids is 1. The normalized spacial score (nSPS) is 11.9. The molecule has 0 aliphatic rings. The average Bonchev–Trinajstić information content (AvgIpc) is 3.15. The first-order valence-corrected chi connectivity index (χ1v) is 11.2. The predicted octanol–water partition coefficient (Wildman–Crippen LogP) is 3.68. The van der Waals surface area contributed by atoms with Gasteiger partial charge < -0.3 is 29.0 Å². The maximum atomic E-state index is 13.1. The first-order chi connectivity index (χ1) is 15.9. The Balaban J connectivity index is 1.82. The molecular formula is C23H29N3O6S. The van der Waals surface area contributed by atoms with Gasteiger partial charge in [-0.15, -0.1) is 11.3 Å². The van der Waals surface area contributed by atoms with Crippen LogP contribution in [-0.4, -0.2) is 57.5 Å². The molecule has 0 bridgehead atoms. The van der Waals surface area contributed by atoms with Gasteiger partial charge in [-0.05, 0) is 37.1 Å². The van der Waals surface area contributed by atoms with Crippen LogP contribution in [0.3, 0.4) is 0 Å². The third kappa shape index (κ3) is 5.52. The lowest BCUT2D eigenvalue weighted by atomic mass is 10.1. The van der Waals surface area contributed by atoms with Crippen LogP contribution in [0.4, 0.5) is 0 Å². The third-order valence-electron chi connectivity index (χ3n) is 5.06. The number of nitrogens with one attached hydrogen (secondary N) is 1. The van der Waals surface area contributed by atoms with E-state index in [-0.39, 0.29) is 18.6 Å². The Hall–Kier alpha value is -2.95. The largest absolute Gasteiger partial charge is 0.493 e. The summed E-state index contributed by atoms with van der Waals surface area (Å²) in [5.74, 6) is 1.95. The van der Waals surface area contributed by atoms with E-state index >= 15 is 0 Å². The molecule has 0 radical (unpaired) electrons. The van der Waals surface area contributed by atoms with Crippen molar-refractivity contribution < 1.29 is 28.5 Å². The number of rotatable bonds is 11. The molecule has 1 amide bonds. The third-order valence-corrected chi connectivity index (χ3v) is 6.24. The molecule has 0 fully saturated rings. The van der Waals surface area contributed by atoms with Crippen molar-refractivity contribution in [1.29, 1.82) is 0 Å². The fourth-order valence-electron chi connectivity index (χ4n) is 3.36. The van der Waals surface area contributed by atoms with Crippen LogP contribution >= 0.6 is 11.3 Å². The molecule has 3 aromatic rings. The standard InChI is InChI=1S/C23H29N3O6S/c1-13-19-22(31-6)25-18(12-29-4)26-23(19)33-20(13)21(27)24-14(2)15-7-8-16(17(11-15)30-5)32-10-9-28-3/h7-8,11,14H,9-10,12H2,1-6H3,(H,24,27). The molecule has 1 unspecified atom stereocenters. The van der Waals surface area contributed by atoms with Gasteiger partial charge in [0.1, 0.15) is 18.0 Å². The van der Waals surface area contributed by atoms with Crippen molar-refractivity contribution in [2.75, 3.05) is 41.7 Å². The Morgan fingerprint density at radius 3 is 2.52 bits per heavy atom. The van der Waals surface area contributed by atoms with Crippen molar-refractivity contribution in [1.82, 2.24) is 15.3 Å². The predicted molar refractivity (Wildman–Crippen MR) is 126 cm³/mol. The molecule has 2 heterocycles. The molecule has 33 heavy (non-hydrogen) atoms. The monoisotopic (exact) mass is 475 g/mol. The summed E-state index contributed by atoms with van der Waals surface area (Å²) in [7, 11) is 6.33. The lowest BCUT2D eigenvalue weighted by Crippen LogP contribution is -2.26. The molecule has 1 N–H and O–H groups in total. The van der Waals surface area contributed by atoms with Crippen molar-refractivity contribution in [2.24, 2.45) is 0 Å². The minimum Gasteiger partial charge on any atom is -0.493 e. The molecule has 10 heteroatoms. The van der Waals surface area contributed by atoms with E-state index in [4.69, 9.17) is 23.7 Å². The molecule has 9 nitrogen and oxygen atoms in total. The zero-order valence-electron chi connectivity index (χ0n) is 19.7. The Bertz CT molecular complexity index is 1120. The Kier molecular flexibility index (Phi) is 8.43. The van der Waals surface area contributed by atoms with Crippen LogP contribution in [0.5, 0.6) is 17.4 Å². The summed E-state index contributed by atoms with van der Waals surface area (Å²) in [5.41, 5.74) is 1.66. The van der Waals surface area contributed by atoms with Crippen LogP contribution in [0.15, 0.2) is 18.2 Å². The number of methoxy groups -OCH3 is 4. The summed E-state index contributed by atoms with van der Waals surface area (Å²) in [6.07, 6.45) is 0. The lowest BCUT2D eigenvalue weighted by molar-refractivity contribution is 0.0943. The fraction of sp³-hybridized carbons (Fsp3) is 0.435. The van der Waals surface area contributed by atoms with E-state index in [0.29, 0.717) is 46.1 Å². The summed E-state index contributed by atoms with van der Waals surface area (Å²) in [5, 5.41) is 3.79. The number of aryl methyl sites for hydroxylation is 1. The zero-order chi connectivity index (χ0) is 24.0. The van der Waals surface area contributed by atoms with Crippen molar-refractivity contribution in [3.05, 3.63) is 40.0 Å². The smallest absolute Gasteiger partial charge is 0.262 e. The van der Waals surface area contributed by atoms with E-state index < -0.39 is 0 Å². The fourth-order valence-corrected chi connectivity index (χ4v) is 4.45. The first kappa shape index (κ1) is 24.7. The number of fused-ring (bicyclic) bond motifs is 1. The van der Waals surface area contributed by atoms with Crippen LogP contribution in [-0.2, 0) is 16.1 Å². The minimum absolute atomic E-state index is 0.197. The molecule has 3 rings (SSSR count). The number of benzene rings is 1. The summed E-state index contributed by atoms with van der Waals surface area (Å²) >= 11 is 1.30. The summed E-state index contributed by atoms with van der Waals surface area (Å²) in [6.45, 7) is 4.94. The Labute approximate surface area is 197 Å². The minimum atomic E-state index is -0.263. The molecule has 1 atom stereocenters. The summed E-state index contributed by atoms with van der Waals surface area (Å²) in [6, 6.07) is 5.32. The van der Waals surface area contributed by atoms with Crippen LogP contribution in [0, 0.1) is 6.92 Å². The lowest BCUT2D eigenvalue weighted by Gasteiger charge is -2.17. The van der Waals surface area contributed by atoms with E-state index in [9.17, 15) is 4.79 Å². The highest BCUT2D eigenvalue weighted by Crippen LogP contribution is 2.36. The molecule has 1 aromatic carbocycles. The highest BCUT2D eigenvalue weighted by Gasteiger charge is 2.23. The molecule has 0 spiro atoms. The Morgan fingerprint density at radius 2 is 1.85 bits per heavy atom. The maximum absolute atomic E-state index is 13.1. The molecule has 178 valence electrons. The average molecular weight is 476 g/mol. The van der Waals surface area contributed by atoms with E-state index in [1.807, 2.05) is 32.0 Å². The molecule has 0 aliphatic heterocycles. The number of carbonyl (C=O) groups is 1. The zero-order valence-corrected chi connectivity index (χ0v) is 20.5. The molecule has 0 saturated heterocycles. The van der Waals surface area contributed by atoms with Crippen molar-refractivity contribution in [3.63, 3.8) is 0 Å². The molecule has 0 aliphatic carbocycles. The Morgan fingerprint density at radius 1 is 1.06 bits per heavy atom. The van der Waals surface area contributed by atoms with Gasteiger partial charge in [0.25, 0.3) is 5.91 Å². The molecular weight excluding hydrogens is 446 g/mol. The highest BCUT2D eigenvalue weighted by atomic mass is 32.1. The van der Waals surface area contributed by atoms with E-state index in [1.54, 1.807) is 28.4 Å². The van der Waals surface area contributed by atoms with Gasteiger partial charge in [0.15, 0.2) is 17.3 Å². The molecule has 0 saturated carbocycles. The van der Waals surface area contributed by atoms with Crippen LogP contribution in [0.2, 0.25) is 0 Å². The van der Waals surface area contributed by atoms with Crippen LogP contribution < -0.4 is 19.5 Å². The topological polar surface area (TPSA) is 101 Å². The van der Waals surface area contributed by atoms with Crippen molar-refractivity contribution in [2.45, 2.75) is 26.5 Å². The second-order valence-corrected chi connectivity index (χ2v) is 8.26. The van der Waals surface area contributed by atoms with E-state index in [0.717, 1.165) is 16.5 Å². The number of amides is 1. The van der Waals surface area contributed by atoms with E-state index in [1.165, 1.54) is 11.3 Å². The van der Waals surface area contributed by atoms with Gasteiger partial charge in [0.2, 0.25) is 5.88 Å². The van der Waals surface area contributed by atoms with Gasteiger partial charge >= 0.3 is 0 Å². The number of aromatic nitrogens is 2. The van der Waals surface area contributed by atoms with Crippen LogP contribution in [0.25, 0.3) is 10.2 Å². The van der Waals surface area contributed by atoms with Gasteiger partial charge in [-0.1, -0.05) is 6.07 Å². The number of hydrogen-bond acceptors (Lipinski definition) is 9. The van der Waals surface area contributed by atoms with Gasteiger partial charge in [0, 0.05) is 14.2 Å². The van der Waals surface area contributed by atoms with Crippen molar-refractivity contribution in [3.8, 4) is 17.4 Å². The van der Waals surface area contributed by atoms with Gasteiger partial charge in [0.05, 0.1) is 37.1 Å². The summed E-state index contributed by atoms with van der Waals surface area (Å²) < 4.78 is 26.7. The number of ether oxygens (including phenoxy) is 5. The quantitative estimate of drug-likeness (QED) is 0.419. The second kappa shape index (κ2) is 11.3. The van der Waals surface area contributed by atoms with Gasteiger partial charge in [-0.3, -0.25) is 4.79 Å². The van der Waals surface area contributed by atoms with Gasteiger partial charge in [-0.2, -0.15) is 4.98 Å². The molecule has 2 aromatic heterocycles. The SMILES string of the molecule is COCCOc1ccc(C(C)NC(=O)c2sc3nc(COC)nc(OC)c3c2C)cc1OC. The van der Waals surface area contributed by atoms with E-state index in [2.05, 4.69) is 15.3 Å². The second-order valence-electron chi connectivity index (χ2n) is 7.27. The van der Waals surface area contributed by atoms with Crippen LogP contribution in [0.1, 0.15) is 39.6 Å². The van der Waals surface area contributed by atoms with Gasteiger partial charge in [-0.25, -0.2) is 4.98 Å².